The first kappa shape index (κ1) is 9.89. The SMILES string of the molecule is O=C(C1COCCN1)N1CC[C@H](O)C1. The Morgan fingerprint density at radius 1 is 1.57 bits per heavy atom. The van der Waals surface area contributed by atoms with Crippen LogP contribution in [-0.2, 0) is 9.53 Å². The van der Waals surface area contributed by atoms with Gasteiger partial charge in [-0.05, 0) is 6.42 Å². The fourth-order valence-corrected chi connectivity index (χ4v) is 1.89. The highest BCUT2D eigenvalue weighted by Gasteiger charge is 2.30. The van der Waals surface area contributed by atoms with Crippen LogP contribution < -0.4 is 5.32 Å². The third-order valence-corrected chi connectivity index (χ3v) is 2.69. The Morgan fingerprint density at radius 3 is 3.00 bits per heavy atom. The number of hydrogen-bond acceptors (Lipinski definition) is 4. The molecule has 0 bridgehead atoms. The van der Waals surface area contributed by atoms with Gasteiger partial charge in [0.2, 0.25) is 5.91 Å². The zero-order valence-corrected chi connectivity index (χ0v) is 8.11. The first-order valence-electron chi connectivity index (χ1n) is 5.05. The summed E-state index contributed by atoms with van der Waals surface area (Å²) >= 11 is 0. The van der Waals surface area contributed by atoms with Gasteiger partial charge >= 0.3 is 0 Å². The second-order valence-corrected chi connectivity index (χ2v) is 3.81. The molecule has 2 rings (SSSR count). The summed E-state index contributed by atoms with van der Waals surface area (Å²) in [5.74, 6) is 0.0567. The van der Waals surface area contributed by atoms with E-state index >= 15 is 0 Å². The molecule has 0 aromatic heterocycles. The van der Waals surface area contributed by atoms with Crippen molar-refractivity contribution in [2.45, 2.75) is 18.6 Å². The highest BCUT2D eigenvalue weighted by molar-refractivity contribution is 5.82. The van der Waals surface area contributed by atoms with Crippen molar-refractivity contribution in [1.29, 1.82) is 0 Å². The summed E-state index contributed by atoms with van der Waals surface area (Å²) in [6, 6.07) is -0.214. The Kier molecular flexibility index (Phi) is 3.00. The predicted molar refractivity (Wildman–Crippen MR) is 49.8 cm³/mol. The van der Waals surface area contributed by atoms with Crippen LogP contribution in [0.4, 0.5) is 0 Å². The molecular formula is C9H16N2O3. The van der Waals surface area contributed by atoms with E-state index in [2.05, 4.69) is 5.32 Å². The van der Waals surface area contributed by atoms with Crippen molar-refractivity contribution in [3.8, 4) is 0 Å². The highest BCUT2D eigenvalue weighted by atomic mass is 16.5. The number of aliphatic hydroxyl groups excluding tert-OH is 1. The molecular weight excluding hydrogens is 184 g/mol. The molecule has 2 N–H and O–H groups in total. The monoisotopic (exact) mass is 200 g/mol. The number of nitrogens with one attached hydrogen (secondary N) is 1. The highest BCUT2D eigenvalue weighted by Crippen LogP contribution is 2.11. The minimum Gasteiger partial charge on any atom is -0.391 e. The summed E-state index contributed by atoms with van der Waals surface area (Å²) in [4.78, 5) is 13.5. The van der Waals surface area contributed by atoms with Crippen LogP contribution in [0.15, 0.2) is 0 Å². The van der Waals surface area contributed by atoms with Gasteiger partial charge in [0.1, 0.15) is 6.04 Å². The molecule has 0 saturated carbocycles. The first-order valence-corrected chi connectivity index (χ1v) is 5.05. The van der Waals surface area contributed by atoms with Crippen LogP contribution in [-0.4, -0.2) is 60.9 Å². The molecule has 14 heavy (non-hydrogen) atoms. The molecule has 2 fully saturated rings. The van der Waals surface area contributed by atoms with Crippen LogP contribution >= 0.6 is 0 Å². The summed E-state index contributed by atoms with van der Waals surface area (Å²) in [6.45, 7) is 2.99. The van der Waals surface area contributed by atoms with Crippen molar-refractivity contribution >= 4 is 5.91 Å². The molecule has 0 aliphatic carbocycles. The summed E-state index contributed by atoms with van der Waals surface area (Å²) in [5.41, 5.74) is 0. The Bertz CT molecular complexity index is 209. The van der Waals surface area contributed by atoms with Crippen LogP contribution in [0, 0.1) is 0 Å². The van der Waals surface area contributed by atoms with Gasteiger partial charge in [-0.1, -0.05) is 0 Å². The number of ether oxygens (including phenoxy) is 1. The molecule has 0 radical (unpaired) electrons. The Hall–Kier alpha value is -0.650. The number of amides is 1. The summed E-state index contributed by atoms with van der Waals surface area (Å²) in [7, 11) is 0. The molecule has 2 aliphatic rings. The number of likely N-dealkylation sites (tertiary alicyclic amines) is 1. The van der Waals surface area contributed by atoms with Gasteiger partial charge in [0.05, 0.1) is 19.3 Å². The van der Waals surface area contributed by atoms with Gasteiger partial charge in [0, 0.05) is 19.6 Å². The Balaban J connectivity index is 1.87. The topological polar surface area (TPSA) is 61.8 Å². The zero-order chi connectivity index (χ0) is 9.97. The summed E-state index contributed by atoms with van der Waals surface area (Å²) < 4.78 is 5.22. The van der Waals surface area contributed by atoms with E-state index in [1.54, 1.807) is 4.90 Å². The average Bonchev–Trinajstić information content (AvgIpc) is 2.65. The molecule has 0 aromatic carbocycles. The first-order chi connectivity index (χ1) is 6.77. The van der Waals surface area contributed by atoms with E-state index in [4.69, 9.17) is 4.74 Å². The molecule has 2 saturated heterocycles. The maximum absolute atomic E-state index is 11.8. The number of hydrogen-bond donors (Lipinski definition) is 2. The van der Waals surface area contributed by atoms with Crippen molar-refractivity contribution in [2.75, 3.05) is 32.8 Å². The van der Waals surface area contributed by atoms with Crippen molar-refractivity contribution in [3.05, 3.63) is 0 Å². The maximum Gasteiger partial charge on any atom is 0.242 e. The lowest BCUT2D eigenvalue weighted by molar-refractivity contribution is -0.135. The number of morpholine rings is 1. The van der Waals surface area contributed by atoms with Crippen LogP contribution in [0.1, 0.15) is 6.42 Å². The maximum atomic E-state index is 11.8. The predicted octanol–water partition coefficient (Wildman–Crippen LogP) is -1.43. The Morgan fingerprint density at radius 2 is 2.43 bits per heavy atom. The molecule has 2 aliphatic heterocycles. The molecule has 2 atom stereocenters. The minimum absolute atomic E-state index is 0.0567. The smallest absolute Gasteiger partial charge is 0.242 e. The number of nitrogens with zero attached hydrogens (tertiary/aromatic N) is 1. The number of rotatable bonds is 1. The molecule has 80 valence electrons. The van der Waals surface area contributed by atoms with E-state index in [-0.39, 0.29) is 18.1 Å². The Labute approximate surface area is 83.0 Å². The van der Waals surface area contributed by atoms with Gasteiger partial charge in [-0.2, -0.15) is 0 Å². The molecule has 5 nitrogen and oxygen atoms in total. The van der Waals surface area contributed by atoms with E-state index in [0.29, 0.717) is 32.7 Å². The lowest BCUT2D eigenvalue weighted by Gasteiger charge is -2.27. The van der Waals surface area contributed by atoms with Crippen molar-refractivity contribution in [2.24, 2.45) is 0 Å². The number of β-amino-alcohol motifs (C(OH)–C–C–N with tert-alkyl or cyclic N) is 1. The van der Waals surface area contributed by atoms with E-state index < -0.39 is 0 Å². The largest absolute Gasteiger partial charge is 0.391 e. The third-order valence-electron chi connectivity index (χ3n) is 2.69. The number of carbonyl (C=O) groups is 1. The normalized spacial score (nSPS) is 33.4. The van der Waals surface area contributed by atoms with E-state index in [1.807, 2.05) is 0 Å². The average molecular weight is 200 g/mol. The fraction of sp³-hybridized carbons (Fsp3) is 0.889. The molecule has 0 aromatic rings. The quantitative estimate of drug-likeness (QED) is 0.544. The number of carbonyl (C=O) groups excluding carboxylic acids is 1. The van der Waals surface area contributed by atoms with Gasteiger partial charge in [-0.15, -0.1) is 0 Å². The van der Waals surface area contributed by atoms with Crippen LogP contribution in [0.25, 0.3) is 0 Å². The molecule has 1 unspecified atom stereocenters. The van der Waals surface area contributed by atoms with Crippen molar-refractivity contribution < 1.29 is 14.6 Å². The van der Waals surface area contributed by atoms with Crippen LogP contribution in [0.3, 0.4) is 0 Å². The van der Waals surface area contributed by atoms with Crippen molar-refractivity contribution in [3.63, 3.8) is 0 Å². The number of aliphatic hydroxyl groups is 1. The van der Waals surface area contributed by atoms with Crippen LogP contribution in [0.5, 0.6) is 0 Å². The van der Waals surface area contributed by atoms with E-state index in [0.717, 1.165) is 6.54 Å². The standard InChI is InChI=1S/C9H16N2O3/c12-7-1-3-11(5-7)9(13)8-6-14-4-2-10-8/h7-8,10,12H,1-6H2/t7-,8?/m0/s1. The van der Waals surface area contributed by atoms with E-state index in [9.17, 15) is 9.90 Å². The van der Waals surface area contributed by atoms with Gasteiger partial charge < -0.3 is 20.1 Å². The molecule has 2 heterocycles. The minimum atomic E-state index is -0.344. The summed E-state index contributed by atoms with van der Waals surface area (Å²) in [6.07, 6.45) is 0.350. The van der Waals surface area contributed by atoms with Gasteiger partial charge in [-0.3, -0.25) is 4.79 Å². The lowest BCUT2D eigenvalue weighted by Crippen LogP contribution is -2.52. The second kappa shape index (κ2) is 4.25. The van der Waals surface area contributed by atoms with Gasteiger partial charge in [0.15, 0.2) is 0 Å². The molecule has 0 spiro atoms. The third kappa shape index (κ3) is 2.05. The van der Waals surface area contributed by atoms with Gasteiger partial charge in [0.25, 0.3) is 0 Å². The fourth-order valence-electron chi connectivity index (χ4n) is 1.89. The van der Waals surface area contributed by atoms with Crippen molar-refractivity contribution in [1.82, 2.24) is 10.2 Å². The lowest BCUT2D eigenvalue weighted by atomic mass is 10.2. The second-order valence-electron chi connectivity index (χ2n) is 3.81. The van der Waals surface area contributed by atoms with Gasteiger partial charge in [-0.25, -0.2) is 0 Å². The molecule has 5 heteroatoms. The van der Waals surface area contributed by atoms with Crippen LogP contribution in [0.2, 0.25) is 0 Å². The summed E-state index contributed by atoms with van der Waals surface area (Å²) in [5, 5.41) is 12.4. The molecule has 1 amide bonds. The van der Waals surface area contributed by atoms with E-state index in [1.165, 1.54) is 0 Å². The zero-order valence-electron chi connectivity index (χ0n) is 8.11.